The molecule has 0 radical (unpaired) electrons. The second-order valence-corrected chi connectivity index (χ2v) is 8.59. The van der Waals surface area contributed by atoms with Gasteiger partial charge < -0.3 is 4.74 Å². The summed E-state index contributed by atoms with van der Waals surface area (Å²) in [5.41, 5.74) is 1.90. The number of hydroxylamine groups is 1. The Morgan fingerprint density at radius 3 is 2.65 bits per heavy atom. The summed E-state index contributed by atoms with van der Waals surface area (Å²) >= 11 is 0. The van der Waals surface area contributed by atoms with Crippen molar-refractivity contribution in [3.8, 4) is 5.75 Å². The number of rotatable bonds is 3. The number of nitrogens with zero attached hydrogens (tertiary/aromatic N) is 1. The molecule has 1 aromatic rings. The molecule has 1 amide bonds. The summed E-state index contributed by atoms with van der Waals surface area (Å²) in [6.45, 7) is 0.664. The molecule has 1 saturated heterocycles. The Bertz CT molecular complexity index is 869. The van der Waals surface area contributed by atoms with Gasteiger partial charge in [-0.25, -0.2) is 18.2 Å². The van der Waals surface area contributed by atoms with Gasteiger partial charge in [0.05, 0.1) is 18.2 Å². The number of sulfonamides is 1. The molecule has 0 aliphatic carbocycles. The van der Waals surface area contributed by atoms with Crippen molar-refractivity contribution in [1.82, 2.24) is 9.79 Å². The van der Waals surface area contributed by atoms with Gasteiger partial charge in [-0.1, -0.05) is 6.07 Å². The number of carbonyl (C=O) groups excluding carboxylic acids is 2. The van der Waals surface area contributed by atoms with Crippen LogP contribution in [0.4, 0.5) is 0 Å². The summed E-state index contributed by atoms with van der Waals surface area (Å²) < 4.78 is 30.8. The highest BCUT2D eigenvalue weighted by Crippen LogP contribution is 2.40. The van der Waals surface area contributed by atoms with Crippen molar-refractivity contribution in [3.63, 3.8) is 0 Å². The number of ether oxygens (including phenoxy) is 1. The number of piperidine rings is 1. The number of amides is 1. The molecule has 1 aromatic carbocycles. The molecule has 0 unspecified atom stereocenters. The third kappa shape index (κ3) is 3.79. The molecular formula is C17H20N2O6S. The predicted molar refractivity (Wildman–Crippen MR) is 93.4 cm³/mol. The minimum Gasteiger partial charge on any atom is -0.486 e. The molecule has 1 spiro atoms. The Hall–Kier alpha value is -2.23. The number of hydrogen-bond acceptors (Lipinski definition) is 6. The van der Waals surface area contributed by atoms with Gasteiger partial charge >= 0.3 is 0 Å². The van der Waals surface area contributed by atoms with E-state index in [1.807, 2.05) is 0 Å². The van der Waals surface area contributed by atoms with Crippen molar-refractivity contribution < 1.29 is 28.0 Å². The molecule has 2 aliphatic heterocycles. The second-order valence-electron chi connectivity index (χ2n) is 6.61. The minimum atomic E-state index is -3.24. The van der Waals surface area contributed by atoms with E-state index in [0.717, 1.165) is 6.08 Å². The second kappa shape index (κ2) is 6.82. The van der Waals surface area contributed by atoms with Gasteiger partial charge in [-0.2, -0.15) is 0 Å². The number of ketones is 1. The lowest BCUT2D eigenvalue weighted by atomic mass is 9.82. The van der Waals surface area contributed by atoms with Crippen molar-refractivity contribution in [2.24, 2.45) is 0 Å². The molecule has 2 aliphatic rings. The third-order valence-electron chi connectivity index (χ3n) is 4.75. The van der Waals surface area contributed by atoms with E-state index in [4.69, 9.17) is 9.94 Å². The summed E-state index contributed by atoms with van der Waals surface area (Å²) in [6, 6.07) is 5.02. The van der Waals surface area contributed by atoms with Gasteiger partial charge in [0.1, 0.15) is 11.4 Å². The van der Waals surface area contributed by atoms with E-state index in [1.165, 1.54) is 22.1 Å². The number of nitrogens with one attached hydrogen (secondary N) is 1. The zero-order chi connectivity index (χ0) is 18.9. The van der Waals surface area contributed by atoms with E-state index < -0.39 is 21.5 Å². The highest BCUT2D eigenvalue weighted by molar-refractivity contribution is 7.88. The van der Waals surface area contributed by atoms with Crippen molar-refractivity contribution in [1.29, 1.82) is 0 Å². The maximum absolute atomic E-state index is 12.6. The molecule has 9 heteroatoms. The highest BCUT2D eigenvalue weighted by Gasteiger charge is 2.44. The maximum Gasteiger partial charge on any atom is 0.267 e. The normalized spacial score (nSPS) is 20.0. The zero-order valence-corrected chi connectivity index (χ0v) is 15.1. The van der Waals surface area contributed by atoms with Crippen LogP contribution in [-0.2, 0) is 14.8 Å². The monoisotopic (exact) mass is 380 g/mol. The SMILES string of the molecule is CS(=O)(=O)N1CCC2(CC1)CC(=O)c1cc(/C=C/C(=O)NO)ccc1O2. The first-order chi connectivity index (χ1) is 12.2. The molecule has 140 valence electrons. The molecule has 2 heterocycles. The molecule has 0 saturated carbocycles. The summed E-state index contributed by atoms with van der Waals surface area (Å²) in [5, 5.41) is 8.49. The molecule has 26 heavy (non-hydrogen) atoms. The number of Topliss-reactive ketones (excluding diaryl/α,β-unsaturated/α-hetero) is 1. The molecule has 8 nitrogen and oxygen atoms in total. The summed E-state index contributed by atoms with van der Waals surface area (Å²) in [6.07, 6.45) is 4.93. The molecule has 3 rings (SSSR count). The van der Waals surface area contributed by atoms with Gasteiger partial charge in [0.25, 0.3) is 5.91 Å². The van der Waals surface area contributed by atoms with Crippen LogP contribution in [0.5, 0.6) is 5.75 Å². The molecule has 0 aromatic heterocycles. The van der Waals surface area contributed by atoms with Crippen LogP contribution in [-0.4, -0.2) is 54.6 Å². The summed E-state index contributed by atoms with van der Waals surface area (Å²) in [7, 11) is -3.24. The van der Waals surface area contributed by atoms with Gasteiger partial charge in [0.15, 0.2) is 5.78 Å². The van der Waals surface area contributed by atoms with Crippen LogP contribution in [0, 0.1) is 0 Å². The van der Waals surface area contributed by atoms with Crippen molar-refractivity contribution in [2.75, 3.05) is 19.3 Å². The Morgan fingerprint density at radius 1 is 1.35 bits per heavy atom. The predicted octanol–water partition coefficient (Wildman–Crippen LogP) is 0.965. The Balaban J connectivity index is 1.78. The topological polar surface area (TPSA) is 113 Å². The van der Waals surface area contributed by atoms with E-state index in [0.29, 0.717) is 42.8 Å². The van der Waals surface area contributed by atoms with Gasteiger partial charge in [-0.15, -0.1) is 0 Å². The van der Waals surface area contributed by atoms with Crippen molar-refractivity contribution in [3.05, 3.63) is 35.4 Å². The van der Waals surface area contributed by atoms with Crippen LogP contribution in [0.25, 0.3) is 6.08 Å². The van der Waals surface area contributed by atoms with Crippen molar-refractivity contribution >= 4 is 27.8 Å². The van der Waals surface area contributed by atoms with Gasteiger partial charge in [-0.3, -0.25) is 14.8 Å². The molecule has 0 atom stereocenters. The van der Waals surface area contributed by atoms with Gasteiger partial charge in [0.2, 0.25) is 10.0 Å². The Kier molecular flexibility index (Phi) is 4.87. The fourth-order valence-corrected chi connectivity index (χ4v) is 4.17. The van der Waals surface area contributed by atoms with Crippen LogP contribution >= 0.6 is 0 Å². The van der Waals surface area contributed by atoms with Crippen LogP contribution in [0.15, 0.2) is 24.3 Å². The highest BCUT2D eigenvalue weighted by atomic mass is 32.2. The number of benzene rings is 1. The maximum atomic E-state index is 12.6. The largest absolute Gasteiger partial charge is 0.486 e. The average molecular weight is 380 g/mol. The van der Waals surface area contributed by atoms with Crippen LogP contribution < -0.4 is 10.2 Å². The standard InChI is InChI=1S/C17H20N2O6S/c1-26(23,24)19-8-6-17(7-9-19)11-14(20)13-10-12(2-4-15(13)25-17)3-5-16(21)18-22/h2-5,10,22H,6-9,11H2,1H3,(H,18,21)/b5-3+. The molecule has 1 fully saturated rings. The first kappa shape index (κ1) is 18.6. The summed E-state index contributed by atoms with van der Waals surface area (Å²) in [5.74, 6) is -0.263. The average Bonchev–Trinajstić information content (AvgIpc) is 2.59. The van der Waals surface area contributed by atoms with E-state index in [2.05, 4.69) is 0 Å². The summed E-state index contributed by atoms with van der Waals surface area (Å²) in [4.78, 5) is 23.7. The van der Waals surface area contributed by atoms with Gasteiger partial charge in [0, 0.05) is 32.0 Å². The fourth-order valence-electron chi connectivity index (χ4n) is 3.33. The van der Waals surface area contributed by atoms with Crippen LogP contribution in [0.3, 0.4) is 0 Å². The molecular weight excluding hydrogens is 360 g/mol. The Labute approximate surface area is 151 Å². The van der Waals surface area contributed by atoms with E-state index in [-0.39, 0.29) is 12.2 Å². The quantitative estimate of drug-likeness (QED) is 0.459. The third-order valence-corrected chi connectivity index (χ3v) is 6.06. The zero-order valence-electron chi connectivity index (χ0n) is 14.3. The van der Waals surface area contributed by atoms with Gasteiger partial charge in [-0.05, 0) is 23.8 Å². The van der Waals surface area contributed by atoms with E-state index in [9.17, 15) is 18.0 Å². The Morgan fingerprint density at radius 2 is 2.04 bits per heavy atom. The van der Waals surface area contributed by atoms with Crippen LogP contribution in [0.2, 0.25) is 0 Å². The van der Waals surface area contributed by atoms with E-state index in [1.54, 1.807) is 18.2 Å². The van der Waals surface area contributed by atoms with Crippen LogP contribution in [0.1, 0.15) is 35.2 Å². The molecule has 0 bridgehead atoms. The number of hydrogen-bond donors (Lipinski definition) is 2. The lowest BCUT2D eigenvalue weighted by Gasteiger charge is -2.43. The van der Waals surface area contributed by atoms with E-state index >= 15 is 0 Å². The number of carbonyl (C=O) groups is 2. The lowest BCUT2D eigenvalue weighted by Crippen LogP contribution is -2.52. The fraction of sp³-hybridized carbons (Fsp3) is 0.412. The smallest absolute Gasteiger partial charge is 0.267 e. The van der Waals surface area contributed by atoms with Crippen molar-refractivity contribution in [2.45, 2.75) is 24.9 Å². The minimum absolute atomic E-state index is 0.0686. The number of fused-ring (bicyclic) bond motifs is 1. The first-order valence-corrected chi connectivity index (χ1v) is 10.0. The first-order valence-electron chi connectivity index (χ1n) is 8.16. The lowest BCUT2D eigenvalue weighted by molar-refractivity contribution is -0.124. The molecule has 2 N–H and O–H groups in total.